The number of carboxylic acids is 1. The third-order valence-electron chi connectivity index (χ3n) is 3.88. The quantitative estimate of drug-likeness (QED) is 0.349. The van der Waals surface area contributed by atoms with Crippen molar-refractivity contribution in [2.75, 3.05) is 5.32 Å². The van der Waals surface area contributed by atoms with E-state index in [2.05, 4.69) is 22.5 Å². The first kappa shape index (κ1) is 23.4. The van der Waals surface area contributed by atoms with Gasteiger partial charge in [-0.15, -0.1) is 0 Å². The molecule has 1 aromatic carbocycles. The van der Waals surface area contributed by atoms with E-state index < -0.39 is 17.9 Å². The van der Waals surface area contributed by atoms with E-state index in [9.17, 15) is 24.3 Å². The van der Waals surface area contributed by atoms with Crippen molar-refractivity contribution in [1.29, 1.82) is 0 Å². The lowest BCUT2D eigenvalue weighted by molar-refractivity contribution is -0.141. The van der Waals surface area contributed by atoms with Crippen LogP contribution in [0.1, 0.15) is 31.7 Å². The highest BCUT2D eigenvalue weighted by Gasteiger charge is 2.19. The van der Waals surface area contributed by atoms with Crippen LogP contribution in [0.4, 0.5) is 5.69 Å². The third kappa shape index (κ3) is 9.23. The van der Waals surface area contributed by atoms with Gasteiger partial charge in [0.2, 0.25) is 17.7 Å². The predicted molar refractivity (Wildman–Crippen MR) is 108 cm³/mol. The summed E-state index contributed by atoms with van der Waals surface area (Å²) < 4.78 is 0. The minimum absolute atomic E-state index is 0.0909. The number of hydrogen-bond donors (Lipinski definition) is 5. The molecule has 0 aliphatic heterocycles. The molecular formula is C20H26N4O5. The number of carbonyl (C=O) groups is 4. The van der Waals surface area contributed by atoms with Crippen LogP contribution >= 0.6 is 0 Å². The molecule has 0 heterocycles. The van der Waals surface area contributed by atoms with Crippen LogP contribution in [0.15, 0.2) is 48.8 Å². The zero-order chi connectivity index (χ0) is 21.8. The predicted octanol–water partition coefficient (Wildman–Crippen LogP) is 1.03. The number of carboxylic acid groups (broad SMARTS) is 1. The Morgan fingerprint density at radius 1 is 1.14 bits per heavy atom. The Morgan fingerprint density at radius 2 is 1.76 bits per heavy atom. The summed E-state index contributed by atoms with van der Waals surface area (Å²) in [6.45, 7) is 4.99. The van der Waals surface area contributed by atoms with E-state index >= 15 is 0 Å². The Hall–Kier alpha value is -3.62. The maximum absolute atomic E-state index is 12.0. The first-order chi connectivity index (χ1) is 13.7. The number of allylic oxidation sites excluding steroid dienone is 1. The van der Waals surface area contributed by atoms with Gasteiger partial charge in [-0.1, -0.05) is 18.7 Å². The summed E-state index contributed by atoms with van der Waals surface area (Å²) in [6.07, 6.45) is 3.38. The van der Waals surface area contributed by atoms with Gasteiger partial charge in [0.15, 0.2) is 0 Å². The highest BCUT2D eigenvalue weighted by molar-refractivity contribution is 5.91. The first-order valence-corrected chi connectivity index (χ1v) is 9.01. The van der Waals surface area contributed by atoms with Gasteiger partial charge in [0.05, 0.1) is 5.82 Å². The summed E-state index contributed by atoms with van der Waals surface area (Å²) in [5, 5.41) is 16.7. The molecule has 0 aliphatic carbocycles. The number of amides is 3. The van der Waals surface area contributed by atoms with E-state index in [1.54, 1.807) is 37.3 Å². The number of hydrogen-bond acceptors (Lipinski definition) is 5. The van der Waals surface area contributed by atoms with Crippen molar-refractivity contribution in [3.8, 4) is 0 Å². The molecule has 0 aromatic heterocycles. The number of nitrogens with two attached hydrogens (primary N) is 1. The van der Waals surface area contributed by atoms with Crippen LogP contribution in [0.5, 0.6) is 0 Å². The molecule has 6 N–H and O–H groups in total. The molecule has 0 bridgehead atoms. The van der Waals surface area contributed by atoms with Gasteiger partial charge in [0, 0.05) is 24.9 Å². The van der Waals surface area contributed by atoms with Crippen molar-refractivity contribution < 1.29 is 24.3 Å². The van der Waals surface area contributed by atoms with Gasteiger partial charge >= 0.3 is 5.97 Å². The topological polar surface area (TPSA) is 151 Å². The average Bonchev–Trinajstić information content (AvgIpc) is 2.68. The Kier molecular flexibility index (Phi) is 9.66. The normalized spacial score (nSPS) is 11.8. The van der Waals surface area contributed by atoms with Gasteiger partial charge in [-0.2, -0.15) is 0 Å². The van der Waals surface area contributed by atoms with Crippen LogP contribution < -0.4 is 21.7 Å². The van der Waals surface area contributed by atoms with Crippen LogP contribution in [0.3, 0.4) is 0 Å². The van der Waals surface area contributed by atoms with E-state index in [4.69, 9.17) is 5.73 Å². The zero-order valence-electron chi connectivity index (χ0n) is 16.2. The molecule has 0 saturated carbocycles. The van der Waals surface area contributed by atoms with Crippen molar-refractivity contribution in [2.45, 2.75) is 38.6 Å². The van der Waals surface area contributed by atoms with Crippen molar-refractivity contribution in [2.24, 2.45) is 5.73 Å². The highest BCUT2D eigenvalue weighted by Crippen LogP contribution is 2.12. The lowest BCUT2D eigenvalue weighted by Crippen LogP contribution is -2.41. The molecule has 0 radical (unpaired) electrons. The smallest absolute Gasteiger partial charge is 0.326 e. The summed E-state index contributed by atoms with van der Waals surface area (Å²) in [5.41, 5.74) is 6.71. The molecule has 29 heavy (non-hydrogen) atoms. The Labute approximate surface area is 169 Å². The fraction of sp³-hybridized carbons (Fsp3) is 0.300. The van der Waals surface area contributed by atoms with Crippen molar-refractivity contribution in [3.63, 3.8) is 0 Å². The molecule has 3 amide bonds. The van der Waals surface area contributed by atoms with E-state index in [-0.39, 0.29) is 36.9 Å². The van der Waals surface area contributed by atoms with Crippen molar-refractivity contribution >= 4 is 29.4 Å². The first-order valence-electron chi connectivity index (χ1n) is 9.01. The van der Waals surface area contributed by atoms with Crippen molar-refractivity contribution in [3.05, 3.63) is 54.4 Å². The zero-order valence-corrected chi connectivity index (χ0v) is 16.2. The lowest BCUT2D eigenvalue weighted by Gasteiger charge is -2.13. The molecule has 1 rings (SSSR count). The molecule has 0 saturated heterocycles. The van der Waals surface area contributed by atoms with Gasteiger partial charge in [-0.25, -0.2) is 4.79 Å². The van der Waals surface area contributed by atoms with Gasteiger partial charge in [0.1, 0.15) is 6.04 Å². The summed E-state index contributed by atoms with van der Waals surface area (Å²) in [6, 6.07) is 5.53. The minimum atomic E-state index is -1.15. The Morgan fingerprint density at radius 3 is 2.31 bits per heavy atom. The van der Waals surface area contributed by atoms with E-state index in [1.807, 2.05) is 0 Å². The molecule has 0 spiro atoms. The summed E-state index contributed by atoms with van der Waals surface area (Å²) >= 11 is 0. The molecule has 0 unspecified atom stereocenters. The van der Waals surface area contributed by atoms with E-state index in [0.29, 0.717) is 17.7 Å². The van der Waals surface area contributed by atoms with Gasteiger partial charge in [0.25, 0.3) is 0 Å². The van der Waals surface area contributed by atoms with Crippen LogP contribution in [-0.4, -0.2) is 34.8 Å². The van der Waals surface area contributed by atoms with E-state index in [0.717, 1.165) is 6.08 Å². The molecule has 9 heteroatoms. The van der Waals surface area contributed by atoms with Crippen LogP contribution in [-0.2, 0) is 25.6 Å². The van der Waals surface area contributed by atoms with Gasteiger partial charge < -0.3 is 26.8 Å². The van der Waals surface area contributed by atoms with Gasteiger partial charge in [-0.3, -0.25) is 14.4 Å². The van der Waals surface area contributed by atoms with E-state index in [1.165, 1.54) is 0 Å². The number of anilines is 1. The molecule has 0 aliphatic rings. The Balaban J connectivity index is 2.49. The second-order valence-corrected chi connectivity index (χ2v) is 6.20. The second-order valence-electron chi connectivity index (χ2n) is 6.20. The monoisotopic (exact) mass is 402 g/mol. The Bertz CT molecular complexity index is 787. The number of nitrogens with one attached hydrogen (secondary N) is 3. The standard InChI is InChI=1S/C20H26N4O5/c1-3-16(21)24-19(27)7-5-6-18(26)22-14-10-8-13(9-11-14)12-15(20(28)29)23-17(25)4-2/h3-4,8-11,15H,2,5-7,12,21H2,1H3,(H,22,26)(H,23,25)(H,24,27)(H,28,29)/b16-3-/t15-/m0/s1. The van der Waals surface area contributed by atoms with Crippen LogP contribution in [0.2, 0.25) is 0 Å². The fourth-order valence-corrected chi connectivity index (χ4v) is 2.32. The molecular weight excluding hydrogens is 376 g/mol. The lowest BCUT2D eigenvalue weighted by atomic mass is 10.1. The second kappa shape index (κ2) is 12.0. The summed E-state index contributed by atoms with van der Waals surface area (Å²) in [7, 11) is 0. The maximum atomic E-state index is 12.0. The van der Waals surface area contributed by atoms with Gasteiger partial charge in [-0.05, 0) is 43.2 Å². The number of aliphatic carboxylic acids is 1. The minimum Gasteiger partial charge on any atom is -0.480 e. The number of rotatable bonds is 11. The maximum Gasteiger partial charge on any atom is 0.326 e. The molecule has 0 fully saturated rings. The third-order valence-corrected chi connectivity index (χ3v) is 3.88. The largest absolute Gasteiger partial charge is 0.480 e. The molecule has 9 nitrogen and oxygen atoms in total. The molecule has 1 aromatic rings. The molecule has 156 valence electrons. The highest BCUT2D eigenvalue weighted by atomic mass is 16.4. The summed E-state index contributed by atoms with van der Waals surface area (Å²) in [4.78, 5) is 46.1. The number of carbonyl (C=O) groups excluding carboxylic acids is 3. The van der Waals surface area contributed by atoms with Crippen LogP contribution in [0, 0.1) is 0 Å². The van der Waals surface area contributed by atoms with Crippen LogP contribution in [0.25, 0.3) is 0 Å². The molecule has 1 atom stereocenters. The SMILES string of the molecule is C=CC(=O)N[C@@H](Cc1ccc(NC(=O)CCCC(=O)N/C(N)=C\C)cc1)C(=O)O. The number of benzene rings is 1. The average molecular weight is 402 g/mol. The summed E-state index contributed by atoms with van der Waals surface area (Å²) in [5.74, 6) is -1.95. The fourth-order valence-electron chi connectivity index (χ4n) is 2.32. The van der Waals surface area contributed by atoms with Crippen molar-refractivity contribution in [1.82, 2.24) is 10.6 Å².